The lowest BCUT2D eigenvalue weighted by Gasteiger charge is -2.20. The minimum absolute atomic E-state index is 0.284. The second-order valence-electron chi connectivity index (χ2n) is 5.73. The van der Waals surface area contributed by atoms with E-state index >= 15 is 0 Å². The number of hydrogen-bond donors (Lipinski definition) is 1. The zero-order chi connectivity index (χ0) is 17.8. The van der Waals surface area contributed by atoms with E-state index in [4.69, 9.17) is 11.6 Å². The molecule has 0 aliphatic heterocycles. The van der Waals surface area contributed by atoms with E-state index < -0.39 is 0 Å². The molecule has 0 spiro atoms. The van der Waals surface area contributed by atoms with Crippen LogP contribution < -0.4 is 10.4 Å². The van der Waals surface area contributed by atoms with Crippen molar-refractivity contribution in [1.82, 2.24) is 15.2 Å². The van der Waals surface area contributed by atoms with Crippen LogP contribution in [0.25, 0.3) is 0 Å². The highest BCUT2D eigenvalue weighted by Gasteiger charge is 2.21. The number of anilines is 1. The Morgan fingerprint density at radius 3 is 2.36 bits per heavy atom. The number of benzene rings is 2. The van der Waals surface area contributed by atoms with Crippen molar-refractivity contribution in [2.45, 2.75) is 13.5 Å². The minimum Gasteiger partial charge on any atom is -0.288 e. The summed E-state index contributed by atoms with van der Waals surface area (Å²) in [6, 6.07) is 19.4. The highest BCUT2D eigenvalue weighted by Crippen LogP contribution is 2.21. The van der Waals surface area contributed by atoms with Gasteiger partial charge in [0.05, 0.1) is 17.9 Å². The average Bonchev–Trinajstić information content (AvgIpc) is 2.90. The van der Waals surface area contributed by atoms with Crippen LogP contribution >= 0.6 is 11.6 Å². The maximum absolute atomic E-state index is 12.6. The fraction of sp³-hybridized carbons (Fsp3) is 0.158. The Balaban J connectivity index is 1.79. The zero-order valence-corrected chi connectivity index (χ0v) is 14.9. The molecule has 0 aliphatic carbocycles. The number of para-hydroxylation sites is 1. The van der Waals surface area contributed by atoms with Gasteiger partial charge < -0.3 is 0 Å². The number of amides is 1. The van der Waals surface area contributed by atoms with Gasteiger partial charge in [0, 0.05) is 7.05 Å². The monoisotopic (exact) mass is 354 g/mol. The molecule has 1 amide bonds. The van der Waals surface area contributed by atoms with Crippen LogP contribution in [0.2, 0.25) is 5.15 Å². The fourth-order valence-electron chi connectivity index (χ4n) is 2.60. The highest BCUT2D eigenvalue weighted by atomic mass is 35.5. The average molecular weight is 355 g/mol. The summed E-state index contributed by atoms with van der Waals surface area (Å²) in [5.41, 5.74) is 5.76. The Bertz CT molecular complexity index is 862. The van der Waals surface area contributed by atoms with Crippen molar-refractivity contribution in [3.8, 4) is 0 Å². The number of nitrogens with one attached hydrogen (secondary N) is 1. The van der Waals surface area contributed by atoms with Crippen molar-refractivity contribution in [3.63, 3.8) is 0 Å². The number of carbonyl (C=O) groups is 1. The van der Waals surface area contributed by atoms with E-state index in [2.05, 4.69) is 10.5 Å². The Kier molecular flexibility index (Phi) is 5.05. The first-order chi connectivity index (χ1) is 12.1. The van der Waals surface area contributed by atoms with Crippen LogP contribution in [0.1, 0.15) is 21.6 Å². The lowest BCUT2D eigenvalue weighted by Crippen LogP contribution is -2.39. The van der Waals surface area contributed by atoms with Crippen LogP contribution in [-0.2, 0) is 6.54 Å². The Hall–Kier alpha value is -2.79. The third kappa shape index (κ3) is 3.83. The van der Waals surface area contributed by atoms with Crippen LogP contribution in [0.3, 0.4) is 0 Å². The van der Waals surface area contributed by atoms with Crippen LogP contribution in [0.4, 0.5) is 5.69 Å². The maximum Gasteiger partial charge on any atom is 0.274 e. The number of rotatable bonds is 5. The number of aryl methyl sites for hydroxylation is 1. The van der Waals surface area contributed by atoms with Gasteiger partial charge >= 0.3 is 0 Å². The first-order valence-corrected chi connectivity index (χ1v) is 8.30. The van der Waals surface area contributed by atoms with Gasteiger partial charge in [-0.25, -0.2) is 4.68 Å². The van der Waals surface area contributed by atoms with E-state index in [1.165, 1.54) is 0 Å². The quantitative estimate of drug-likeness (QED) is 0.711. The van der Waals surface area contributed by atoms with E-state index in [1.807, 2.05) is 60.7 Å². The van der Waals surface area contributed by atoms with Gasteiger partial charge in [-0.1, -0.05) is 60.1 Å². The van der Waals surface area contributed by atoms with E-state index in [-0.39, 0.29) is 5.91 Å². The van der Waals surface area contributed by atoms with Gasteiger partial charge in [0.2, 0.25) is 0 Å². The van der Waals surface area contributed by atoms with Crippen LogP contribution in [-0.4, -0.2) is 22.7 Å². The molecule has 0 saturated heterocycles. The van der Waals surface area contributed by atoms with E-state index in [0.717, 1.165) is 11.3 Å². The number of nitrogens with zero attached hydrogens (tertiary/aromatic N) is 3. The molecule has 25 heavy (non-hydrogen) atoms. The van der Waals surface area contributed by atoms with Crippen LogP contribution in [0.15, 0.2) is 60.7 Å². The second kappa shape index (κ2) is 7.40. The summed E-state index contributed by atoms with van der Waals surface area (Å²) < 4.78 is 1.64. The Labute approximate surface area is 151 Å². The van der Waals surface area contributed by atoms with E-state index in [9.17, 15) is 4.79 Å². The van der Waals surface area contributed by atoms with Crippen molar-refractivity contribution in [3.05, 3.63) is 82.6 Å². The number of halogens is 1. The third-order valence-corrected chi connectivity index (χ3v) is 4.26. The molecular weight excluding hydrogens is 336 g/mol. The standard InChI is InChI=1S/C19H19ClN4O/c1-14-17(19(25)22-23(2)16-11-7-4-8-12-16)18(20)24(21-14)13-15-9-5-3-6-10-15/h3-12H,13H2,1-2H3,(H,22,25). The normalized spacial score (nSPS) is 10.5. The van der Waals surface area contributed by atoms with E-state index in [0.29, 0.717) is 23.0 Å². The Morgan fingerprint density at radius 2 is 1.72 bits per heavy atom. The van der Waals surface area contributed by atoms with Gasteiger partial charge in [0.1, 0.15) is 10.7 Å². The molecule has 3 rings (SSSR count). The molecule has 0 saturated carbocycles. The van der Waals surface area contributed by atoms with Crippen LogP contribution in [0, 0.1) is 6.92 Å². The molecular formula is C19H19ClN4O. The van der Waals surface area contributed by atoms with Gasteiger partial charge in [-0.3, -0.25) is 15.2 Å². The zero-order valence-electron chi connectivity index (χ0n) is 14.1. The van der Waals surface area contributed by atoms with Crippen molar-refractivity contribution in [2.24, 2.45) is 0 Å². The molecule has 3 aromatic rings. The summed E-state index contributed by atoms with van der Waals surface area (Å²) in [5.74, 6) is -0.284. The fourth-order valence-corrected chi connectivity index (χ4v) is 2.92. The van der Waals surface area contributed by atoms with Gasteiger partial charge in [-0.05, 0) is 24.6 Å². The summed E-state index contributed by atoms with van der Waals surface area (Å²) in [6.07, 6.45) is 0. The number of carbonyl (C=O) groups excluding carboxylic acids is 1. The molecule has 0 bridgehead atoms. The molecule has 1 aromatic heterocycles. The largest absolute Gasteiger partial charge is 0.288 e. The van der Waals surface area contributed by atoms with Gasteiger partial charge in [0.15, 0.2) is 0 Å². The molecule has 0 fully saturated rings. The highest BCUT2D eigenvalue weighted by molar-refractivity contribution is 6.33. The van der Waals surface area contributed by atoms with Gasteiger partial charge in [0.25, 0.3) is 5.91 Å². The molecule has 1 heterocycles. The number of aromatic nitrogens is 2. The smallest absolute Gasteiger partial charge is 0.274 e. The summed E-state index contributed by atoms with van der Waals surface area (Å²) in [5, 5.41) is 6.40. The predicted molar refractivity (Wildman–Crippen MR) is 99.8 cm³/mol. The van der Waals surface area contributed by atoms with Gasteiger partial charge in [-0.2, -0.15) is 5.10 Å². The first kappa shape index (κ1) is 17.0. The Morgan fingerprint density at radius 1 is 1.12 bits per heavy atom. The summed E-state index contributed by atoms with van der Waals surface area (Å²) in [4.78, 5) is 12.6. The number of hydrogen-bond acceptors (Lipinski definition) is 3. The van der Waals surface area contributed by atoms with E-state index in [1.54, 1.807) is 23.7 Å². The molecule has 0 unspecified atom stereocenters. The van der Waals surface area contributed by atoms with Crippen molar-refractivity contribution < 1.29 is 4.79 Å². The minimum atomic E-state index is -0.284. The molecule has 6 heteroatoms. The molecule has 128 valence electrons. The molecule has 0 radical (unpaired) electrons. The van der Waals surface area contributed by atoms with Crippen molar-refractivity contribution in [2.75, 3.05) is 12.1 Å². The van der Waals surface area contributed by atoms with Crippen molar-refractivity contribution >= 4 is 23.2 Å². The molecule has 2 aromatic carbocycles. The molecule has 5 nitrogen and oxygen atoms in total. The molecule has 1 N–H and O–H groups in total. The lowest BCUT2D eigenvalue weighted by atomic mass is 10.2. The first-order valence-electron chi connectivity index (χ1n) is 7.93. The van der Waals surface area contributed by atoms with Crippen molar-refractivity contribution in [1.29, 1.82) is 0 Å². The third-order valence-electron chi connectivity index (χ3n) is 3.88. The summed E-state index contributed by atoms with van der Waals surface area (Å²) in [7, 11) is 1.78. The topological polar surface area (TPSA) is 50.2 Å². The predicted octanol–water partition coefficient (Wildman–Crippen LogP) is 3.67. The lowest BCUT2D eigenvalue weighted by molar-refractivity contribution is 0.0951. The maximum atomic E-state index is 12.6. The number of hydrazine groups is 1. The molecule has 0 aliphatic rings. The molecule has 0 atom stereocenters. The van der Waals surface area contributed by atoms with Gasteiger partial charge in [-0.15, -0.1) is 0 Å². The second-order valence-corrected chi connectivity index (χ2v) is 6.09. The SMILES string of the molecule is Cc1nn(Cc2ccccc2)c(Cl)c1C(=O)NN(C)c1ccccc1. The van der Waals surface area contributed by atoms with Crippen LogP contribution in [0.5, 0.6) is 0 Å². The summed E-state index contributed by atoms with van der Waals surface area (Å²) >= 11 is 6.42. The summed E-state index contributed by atoms with van der Waals surface area (Å²) in [6.45, 7) is 2.30.